The molecule has 0 aliphatic heterocycles. The van der Waals surface area contributed by atoms with Crippen LogP contribution in [0, 0.1) is 6.92 Å². The fourth-order valence-corrected chi connectivity index (χ4v) is 2.12. The minimum atomic E-state index is 0.339. The number of aromatic nitrogens is 2. The van der Waals surface area contributed by atoms with Crippen molar-refractivity contribution in [1.29, 1.82) is 0 Å². The van der Waals surface area contributed by atoms with Crippen molar-refractivity contribution in [2.24, 2.45) is 0 Å². The molecule has 0 saturated carbocycles. The Kier molecular flexibility index (Phi) is 4.61. The largest absolute Gasteiger partial charge is 0.418 e. The molecule has 0 spiro atoms. The van der Waals surface area contributed by atoms with Gasteiger partial charge in [-0.05, 0) is 31.0 Å². The van der Waals surface area contributed by atoms with Crippen LogP contribution in [-0.4, -0.2) is 16.8 Å². The zero-order valence-corrected chi connectivity index (χ0v) is 12.5. The Morgan fingerprint density at radius 1 is 0.955 bits per heavy atom. The average Bonchev–Trinajstić information content (AvgIpc) is 3.02. The molecular weight excluding hydrogens is 276 g/mol. The highest BCUT2D eigenvalue weighted by Crippen LogP contribution is 2.18. The molecule has 4 nitrogen and oxygen atoms in total. The van der Waals surface area contributed by atoms with E-state index < -0.39 is 0 Å². The van der Waals surface area contributed by atoms with Crippen LogP contribution < -0.4 is 0 Å². The Hall–Kier alpha value is -2.46. The van der Waals surface area contributed by atoms with Crippen molar-refractivity contribution in [2.45, 2.75) is 20.0 Å². The first-order valence-corrected chi connectivity index (χ1v) is 7.32. The summed E-state index contributed by atoms with van der Waals surface area (Å²) in [5.74, 6) is 1.03. The van der Waals surface area contributed by atoms with Crippen molar-refractivity contribution in [3.05, 3.63) is 71.6 Å². The molecule has 0 radical (unpaired) electrons. The highest BCUT2D eigenvalue weighted by Gasteiger charge is 2.08. The van der Waals surface area contributed by atoms with Crippen LogP contribution in [0.25, 0.3) is 11.5 Å². The SMILES string of the molecule is Cc1ccc(-c2nnc(COCCc3ccccc3)o2)cc1. The molecule has 0 bridgehead atoms. The van der Waals surface area contributed by atoms with Gasteiger partial charge in [0.05, 0.1) is 6.61 Å². The molecule has 2 aromatic carbocycles. The van der Waals surface area contributed by atoms with Gasteiger partial charge < -0.3 is 9.15 Å². The van der Waals surface area contributed by atoms with Crippen LogP contribution in [-0.2, 0) is 17.8 Å². The van der Waals surface area contributed by atoms with Crippen molar-refractivity contribution < 1.29 is 9.15 Å². The third-order valence-electron chi connectivity index (χ3n) is 3.37. The molecule has 0 aliphatic rings. The highest BCUT2D eigenvalue weighted by atomic mass is 16.5. The molecule has 0 amide bonds. The number of rotatable bonds is 6. The van der Waals surface area contributed by atoms with Gasteiger partial charge >= 0.3 is 0 Å². The molecule has 1 aromatic heterocycles. The second-order valence-corrected chi connectivity index (χ2v) is 5.16. The van der Waals surface area contributed by atoms with E-state index >= 15 is 0 Å². The molecular formula is C18H18N2O2. The predicted octanol–water partition coefficient (Wildman–Crippen LogP) is 3.80. The molecule has 1 heterocycles. The van der Waals surface area contributed by atoms with Crippen molar-refractivity contribution >= 4 is 0 Å². The van der Waals surface area contributed by atoms with E-state index in [9.17, 15) is 0 Å². The summed E-state index contributed by atoms with van der Waals surface area (Å²) in [5.41, 5.74) is 3.38. The van der Waals surface area contributed by atoms with Crippen LogP contribution in [0.4, 0.5) is 0 Å². The minimum Gasteiger partial charge on any atom is -0.418 e. The molecule has 112 valence electrons. The van der Waals surface area contributed by atoms with Crippen LogP contribution in [0.1, 0.15) is 17.0 Å². The number of hydrogen-bond donors (Lipinski definition) is 0. The number of aryl methyl sites for hydroxylation is 1. The van der Waals surface area contributed by atoms with Crippen molar-refractivity contribution in [1.82, 2.24) is 10.2 Å². The van der Waals surface area contributed by atoms with E-state index in [0.717, 1.165) is 12.0 Å². The summed E-state index contributed by atoms with van der Waals surface area (Å²) in [5, 5.41) is 8.07. The summed E-state index contributed by atoms with van der Waals surface area (Å²) in [7, 11) is 0. The maximum Gasteiger partial charge on any atom is 0.247 e. The molecule has 0 atom stereocenters. The summed E-state index contributed by atoms with van der Waals surface area (Å²) >= 11 is 0. The van der Waals surface area contributed by atoms with Crippen LogP contribution in [0.15, 0.2) is 59.0 Å². The molecule has 0 unspecified atom stereocenters. The lowest BCUT2D eigenvalue weighted by molar-refractivity contribution is 0.105. The third kappa shape index (κ3) is 3.80. The quantitative estimate of drug-likeness (QED) is 0.649. The number of benzene rings is 2. The van der Waals surface area contributed by atoms with Crippen LogP contribution in [0.5, 0.6) is 0 Å². The van der Waals surface area contributed by atoms with Crippen molar-refractivity contribution in [3.63, 3.8) is 0 Å². The Balaban J connectivity index is 1.50. The number of ether oxygens (including phenoxy) is 1. The standard InChI is InChI=1S/C18H18N2O2/c1-14-7-9-16(10-8-14)18-20-19-17(22-18)13-21-12-11-15-5-3-2-4-6-15/h2-10H,11-13H2,1H3. The van der Waals surface area contributed by atoms with E-state index in [1.807, 2.05) is 49.4 Å². The van der Waals surface area contributed by atoms with E-state index in [4.69, 9.17) is 9.15 Å². The zero-order chi connectivity index (χ0) is 15.2. The van der Waals surface area contributed by atoms with Crippen LogP contribution in [0.3, 0.4) is 0 Å². The fourth-order valence-electron chi connectivity index (χ4n) is 2.12. The highest BCUT2D eigenvalue weighted by molar-refractivity contribution is 5.52. The smallest absolute Gasteiger partial charge is 0.247 e. The van der Waals surface area contributed by atoms with Crippen molar-refractivity contribution in [2.75, 3.05) is 6.61 Å². The molecule has 0 fully saturated rings. The lowest BCUT2D eigenvalue weighted by Gasteiger charge is -2.01. The van der Waals surface area contributed by atoms with Gasteiger partial charge in [-0.3, -0.25) is 0 Å². The molecule has 0 N–H and O–H groups in total. The van der Waals surface area contributed by atoms with E-state index in [-0.39, 0.29) is 0 Å². The maximum absolute atomic E-state index is 5.61. The number of hydrogen-bond acceptors (Lipinski definition) is 4. The van der Waals surface area contributed by atoms with E-state index in [1.165, 1.54) is 11.1 Å². The van der Waals surface area contributed by atoms with Gasteiger partial charge in [-0.2, -0.15) is 0 Å². The van der Waals surface area contributed by atoms with Gasteiger partial charge in [0.15, 0.2) is 0 Å². The van der Waals surface area contributed by atoms with Gasteiger partial charge in [-0.1, -0.05) is 48.0 Å². The summed E-state index contributed by atoms with van der Waals surface area (Å²) in [4.78, 5) is 0. The normalized spacial score (nSPS) is 10.8. The Bertz CT molecular complexity index is 705. The first-order chi connectivity index (χ1) is 10.8. The third-order valence-corrected chi connectivity index (χ3v) is 3.37. The second kappa shape index (κ2) is 7.00. The van der Waals surface area contributed by atoms with Crippen LogP contribution in [0.2, 0.25) is 0 Å². The first kappa shape index (κ1) is 14.5. The topological polar surface area (TPSA) is 48.2 Å². The zero-order valence-electron chi connectivity index (χ0n) is 12.5. The predicted molar refractivity (Wildman–Crippen MR) is 84.3 cm³/mol. The Morgan fingerprint density at radius 3 is 2.50 bits per heavy atom. The van der Waals surface area contributed by atoms with E-state index in [0.29, 0.717) is 25.0 Å². The summed E-state index contributed by atoms with van der Waals surface area (Å²) < 4.78 is 11.2. The maximum atomic E-state index is 5.61. The first-order valence-electron chi connectivity index (χ1n) is 7.32. The molecule has 22 heavy (non-hydrogen) atoms. The van der Waals surface area contributed by atoms with E-state index in [2.05, 4.69) is 22.3 Å². The van der Waals surface area contributed by atoms with Gasteiger partial charge in [0.25, 0.3) is 0 Å². The molecule has 3 rings (SSSR count). The van der Waals surface area contributed by atoms with Gasteiger partial charge in [0.1, 0.15) is 6.61 Å². The van der Waals surface area contributed by atoms with Gasteiger partial charge in [0, 0.05) is 5.56 Å². The molecule has 4 heteroatoms. The monoisotopic (exact) mass is 294 g/mol. The molecule has 0 saturated heterocycles. The minimum absolute atomic E-state index is 0.339. The van der Waals surface area contributed by atoms with Gasteiger partial charge in [-0.15, -0.1) is 10.2 Å². The van der Waals surface area contributed by atoms with Crippen molar-refractivity contribution in [3.8, 4) is 11.5 Å². The summed E-state index contributed by atoms with van der Waals surface area (Å²) in [6, 6.07) is 18.2. The van der Waals surface area contributed by atoms with Gasteiger partial charge in [0.2, 0.25) is 11.8 Å². The molecule has 3 aromatic rings. The lowest BCUT2D eigenvalue weighted by Crippen LogP contribution is -1.99. The fraction of sp³-hybridized carbons (Fsp3) is 0.222. The summed E-state index contributed by atoms with van der Waals surface area (Å²) in [6.07, 6.45) is 0.875. The lowest BCUT2D eigenvalue weighted by atomic mass is 10.1. The molecule has 0 aliphatic carbocycles. The van der Waals surface area contributed by atoms with E-state index in [1.54, 1.807) is 0 Å². The number of nitrogens with zero attached hydrogens (tertiary/aromatic N) is 2. The second-order valence-electron chi connectivity index (χ2n) is 5.16. The van der Waals surface area contributed by atoms with Crippen LogP contribution >= 0.6 is 0 Å². The Labute approximate surface area is 129 Å². The Morgan fingerprint density at radius 2 is 1.73 bits per heavy atom. The van der Waals surface area contributed by atoms with Gasteiger partial charge in [-0.25, -0.2) is 0 Å². The average molecular weight is 294 g/mol. The summed E-state index contributed by atoms with van der Waals surface area (Å²) in [6.45, 7) is 3.02.